The molecule has 0 N–H and O–H groups in total. The number of carbonyl (C=O) groups excluding carboxylic acids is 1. The molecule has 21 heavy (non-hydrogen) atoms. The second kappa shape index (κ2) is 9.37. The molecule has 118 valence electrons. The first-order valence-electron chi connectivity index (χ1n) is 8.10. The van der Waals surface area contributed by atoms with Gasteiger partial charge in [-0.3, -0.25) is 4.79 Å². The van der Waals surface area contributed by atoms with E-state index in [0.29, 0.717) is 5.69 Å². The molecule has 0 aliphatic carbocycles. The third kappa shape index (κ3) is 5.37. The number of hydrogen-bond donors (Lipinski definition) is 0. The molecule has 0 fully saturated rings. The second-order valence-corrected chi connectivity index (χ2v) is 5.47. The Morgan fingerprint density at radius 3 is 2.19 bits per heavy atom. The van der Waals surface area contributed by atoms with Gasteiger partial charge in [0.25, 0.3) is 5.91 Å². The number of carbonyl (C=O) groups is 1. The van der Waals surface area contributed by atoms with Gasteiger partial charge in [0.2, 0.25) is 0 Å². The Hall–Kier alpha value is -1.58. The largest absolute Gasteiger partial charge is 0.373 e. The van der Waals surface area contributed by atoms with Crippen LogP contribution in [0.15, 0.2) is 18.3 Å². The maximum atomic E-state index is 12.4. The highest BCUT2D eigenvalue weighted by Crippen LogP contribution is 2.13. The molecular formula is C17H29N3O. The highest BCUT2D eigenvalue weighted by atomic mass is 16.2. The van der Waals surface area contributed by atoms with Gasteiger partial charge in [-0.2, -0.15) is 0 Å². The topological polar surface area (TPSA) is 36.4 Å². The number of amides is 1. The molecule has 4 nitrogen and oxygen atoms in total. The molecule has 1 rings (SSSR count). The van der Waals surface area contributed by atoms with Crippen molar-refractivity contribution in [3.8, 4) is 0 Å². The van der Waals surface area contributed by atoms with Crippen molar-refractivity contribution in [2.75, 3.05) is 31.6 Å². The summed E-state index contributed by atoms with van der Waals surface area (Å²) < 4.78 is 0. The Morgan fingerprint density at radius 2 is 1.71 bits per heavy atom. The van der Waals surface area contributed by atoms with Gasteiger partial charge >= 0.3 is 0 Å². The van der Waals surface area contributed by atoms with Crippen molar-refractivity contribution in [2.24, 2.45) is 0 Å². The highest BCUT2D eigenvalue weighted by molar-refractivity contribution is 5.92. The molecular weight excluding hydrogens is 262 g/mol. The molecule has 0 radical (unpaired) electrons. The van der Waals surface area contributed by atoms with Crippen LogP contribution in [0.2, 0.25) is 0 Å². The van der Waals surface area contributed by atoms with E-state index < -0.39 is 0 Å². The van der Waals surface area contributed by atoms with Crippen LogP contribution in [0.4, 0.5) is 5.69 Å². The summed E-state index contributed by atoms with van der Waals surface area (Å²) in [6.07, 6.45) is 6.10. The summed E-state index contributed by atoms with van der Waals surface area (Å²) in [5.41, 5.74) is 1.61. The van der Waals surface area contributed by atoms with E-state index in [9.17, 15) is 4.79 Å². The molecule has 1 aromatic rings. The molecule has 0 saturated carbocycles. The van der Waals surface area contributed by atoms with Crippen molar-refractivity contribution in [1.82, 2.24) is 9.88 Å². The Bertz CT molecular complexity index is 411. The summed E-state index contributed by atoms with van der Waals surface area (Å²) in [5.74, 6) is 0.0430. The Kier molecular flexibility index (Phi) is 7.80. The predicted molar refractivity (Wildman–Crippen MR) is 88.9 cm³/mol. The van der Waals surface area contributed by atoms with Crippen molar-refractivity contribution < 1.29 is 4.79 Å². The molecule has 1 heterocycles. The summed E-state index contributed by atoms with van der Waals surface area (Å²) in [5, 5.41) is 0. The minimum atomic E-state index is 0.0430. The van der Waals surface area contributed by atoms with E-state index in [0.717, 1.165) is 44.6 Å². The normalized spacial score (nSPS) is 10.5. The Labute approximate surface area is 129 Å². The van der Waals surface area contributed by atoms with E-state index in [1.807, 2.05) is 17.0 Å². The molecule has 0 aromatic carbocycles. The molecule has 0 spiro atoms. The molecule has 4 heteroatoms. The lowest BCUT2D eigenvalue weighted by atomic mass is 10.2. The van der Waals surface area contributed by atoms with Gasteiger partial charge < -0.3 is 9.80 Å². The van der Waals surface area contributed by atoms with Gasteiger partial charge in [-0.05, 0) is 31.4 Å². The zero-order valence-electron chi connectivity index (χ0n) is 13.9. The molecule has 0 atom stereocenters. The number of rotatable bonds is 9. The number of aromatic nitrogens is 1. The van der Waals surface area contributed by atoms with Gasteiger partial charge in [-0.1, -0.05) is 27.2 Å². The van der Waals surface area contributed by atoms with E-state index in [4.69, 9.17) is 0 Å². The first-order valence-corrected chi connectivity index (χ1v) is 8.10. The van der Waals surface area contributed by atoms with Crippen LogP contribution in [-0.2, 0) is 0 Å². The fraction of sp³-hybridized carbons (Fsp3) is 0.647. The van der Waals surface area contributed by atoms with Crippen molar-refractivity contribution in [1.29, 1.82) is 0 Å². The van der Waals surface area contributed by atoms with Gasteiger partial charge in [-0.15, -0.1) is 0 Å². The lowest BCUT2D eigenvalue weighted by Crippen LogP contribution is -2.33. The smallest absolute Gasteiger partial charge is 0.272 e. The molecule has 1 amide bonds. The van der Waals surface area contributed by atoms with Gasteiger partial charge in [0, 0.05) is 26.7 Å². The lowest BCUT2D eigenvalue weighted by molar-refractivity contribution is 0.0749. The Balaban J connectivity index is 2.73. The van der Waals surface area contributed by atoms with Crippen LogP contribution in [0.5, 0.6) is 0 Å². The summed E-state index contributed by atoms with van der Waals surface area (Å²) >= 11 is 0. The lowest BCUT2D eigenvalue weighted by Gasteiger charge is -2.22. The third-order valence-corrected chi connectivity index (χ3v) is 3.53. The van der Waals surface area contributed by atoms with Crippen molar-refractivity contribution in [3.05, 3.63) is 24.0 Å². The van der Waals surface area contributed by atoms with Crippen LogP contribution in [-0.4, -0.2) is 42.5 Å². The van der Waals surface area contributed by atoms with Gasteiger partial charge in [0.1, 0.15) is 5.69 Å². The average Bonchev–Trinajstić information content (AvgIpc) is 2.52. The SMILES string of the molecule is CCCCN(C)c1ccc(C(=O)N(CCC)CCC)nc1. The van der Waals surface area contributed by atoms with E-state index in [-0.39, 0.29) is 5.91 Å². The first kappa shape index (κ1) is 17.5. The second-order valence-electron chi connectivity index (χ2n) is 5.47. The number of hydrogen-bond acceptors (Lipinski definition) is 3. The molecule has 1 aromatic heterocycles. The minimum Gasteiger partial charge on any atom is -0.373 e. The van der Waals surface area contributed by atoms with Crippen LogP contribution in [0, 0.1) is 0 Å². The summed E-state index contributed by atoms with van der Waals surface area (Å²) in [6.45, 7) is 8.98. The van der Waals surface area contributed by atoms with Crippen LogP contribution >= 0.6 is 0 Å². The van der Waals surface area contributed by atoms with E-state index >= 15 is 0 Å². The standard InChI is InChI=1S/C17H29N3O/c1-5-8-13-19(4)15-9-10-16(18-14-15)17(21)20(11-6-2)12-7-3/h9-10,14H,5-8,11-13H2,1-4H3. The minimum absolute atomic E-state index is 0.0430. The number of nitrogens with zero attached hydrogens (tertiary/aromatic N) is 3. The number of pyridine rings is 1. The zero-order chi connectivity index (χ0) is 15.7. The fourth-order valence-corrected chi connectivity index (χ4v) is 2.28. The van der Waals surface area contributed by atoms with E-state index in [1.165, 1.54) is 6.42 Å². The van der Waals surface area contributed by atoms with Crippen LogP contribution < -0.4 is 4.90 Å². The van der Waals surface area contributed by atoms with Gasteiger partial charge in [-0.25, -0.2) is 4.98 Å². The summed E-state index contributed by atoms with van der Waals surface area (Å²) in [6, 6.07) is 3.84. The molecule has 0 aliphatic heterocycles. The molecule has 0 saturated heterocycles. The van der Waals surface area contributed by atoms with Crippen LogP contribution in [0.3, 0.4) is 0 Å². The molecule has 0 bridgehead atoms. The maximum Gasteiger partial charge on any atom is 0.272 e. The summed E-state index contributed by atoms with van der Waals surface area (Å²) in [4.78, 5) is 20.9. The zero-order valence-corrected chi connectivity index (χ0v) is 13.9. The van der Waals surface area contributed by atoms with E-state index in [1.54, 1.807) is 6.20 Å². The van der Waals surface area contributed by atoms with Gasteiger partial charge in [0.05, 0.1) is 11.9 Å². The quantitative estimate of drug-likeness (QED) is 0.698. The third-order valence-electron chi connectivity index (χ3n) is 3.53. The van der Waals surface area contributed by atoms with Crippen molar-refractivity contribution in [2.45, 2.75) is 46.5 Å². The predicted octanol–water partition coefficient (Wildman–Crippen LogP) is 3.58. The summed E-state index contributed by atoms with van der Waals surface area (Å²) in [7, 11) is 2.06. The van der Waals surface area contributed by atoms with Crippen LogP contribution in [0.1, 0.15) is 56.9 Å². The fourth-order valence-electron chi connectivity index (χ4n) is 2.28. The molecule has 0 unspecified atom stereocenters. The Morgan fingerprint density at radius 1 is 1.05 bits per heavy atom. The van der Waals surface area contributed by atoms with Gasteiger partial charge in [0.15, 0.2) is 0 Å². The van der Waals surface area contributed by atoms with Crippen molar-refractivity contribution in [3.63, 3.8) is 0 Å². The highest BCUT2D eigenvalue weighted by Gasteiger charge is 2.15. The number of anilines is 1. The monoisotopic (exact) mass is 291 g/mol. The van der Waals surface area contributed by atoms with Crippen molar-refractivity contribution >= 4 is 11.6 Å². The number of unbranched alkanes of at least 4 members (excludes halogenated alkanes) is 1. The van der Waals surface area contributed by atoms with Crippen LogP contribution in [0.25, 0.3) is 0 Å². The molecule has 0 aliphatic rings. The maximum absolute atomic E-state index is 12.4. The van der Waals surface area contributed by atoms with E-state index in [2.05, 4.69) is 37.7 Å². The first-order chi connectivity index (χ1) is 10.1. The average molecular weight is 291 g/mol.